The molecule has 0 saturated heterocycles. The lowest BCUT2D eigenvalue weighted by Gasteiger charge is -2.31. The van der Waals surface area contributed by atoms with Gasteiger partial charge >= 0.3 is 5.97 Å². The molecule has 0 fully saturated rings. The first kappa shape index (κ1) is 10.3. The van der Waals surface area contributed by atoms with Crippen LogP contribution < -0.4 is 0 Å². The zero-order valence-electron chi connectivity index (χ0n) is 7.95. The maximum atomic E-state index is 10.6. The third kappa shape index (κ3) is 2.84. The lowest BCUT2D eigenvalue weighted by Crippen LogP contribution is -2.32. The first-order valence-corrected chi connectivity index (χ1v) is 4.58. The summed E-state index contributed by atoms with van der Waals surface area (Å²) in [5.41, 5.74) is -0.222. The van der Waals surface area contributed by atoms with Crippen LogP contribution >= 0.6 is 0 Å². The molecule has 0 amide bonds. The number of allylic oxidation sites excluding steroid dienone is 2. The topological polar surface area (TPSA) is 46.5 Å². The van der Waals surface area contributed by atoms with Gasteiger partial charge in [0, 0.05) is 12.3 Å². The van der Waals surface area contributed by atoms with Crippen molar-refractivity contribution in [1.82, 2.24) is 0 Å². The van der Waals surface area contributed by atoms with Crippen molar-refractivity contribution in [3.63, 3.8) is 0 Å². The molecule has 0 aromatic rings. The highest BCUT2D eigenvalue weighted by Crippen LogP contribution is 2.32. The van der Waals surface area contributed by atoms with Gasteiger partial charge in [-0.15, -0.1) is 0 Å². The third-order valence-corrected chi connectivity index (χ3v) is 2.48. The average Bonchev–Trinajstić information content (AvgIpc) is 2.16. The Labute approximate surface area is 78.4 Å². The normalized spacial score (nSPS) is 27.2. The zero-order valence-corrected chi connectivity index (χ0v) is 7.95. The zero-order chi connectivity index (χ0) is 9.73. The smallest absolute Gasteiger partial charge is 0.302 e. The SMILES string of the molecule is CC(=O)OCC1(CO)CC=CCC1. The van der Waals surface area contributed by atoms with Crippen LogP contribution in [0, 0.1) is 5.41 Å². The lowest BCUT2D eigenvalue weighted by atomic mass is 9.78. The number of aliphatic hydroxyl groups is 1. The summed E-state index contributed by atoms with van der Waals surface area (Å²) in [6.07, 6.45) is 6.80. The van der Waals surface area contributed by atoms with E-state index in [1.54, 1.807) is 0 Å². The van der Waals surface area contributed by atoms with Gasteiger partial charge in [-0.25, -0.2) is 0 Å². The Kier molecular flexibility index (Phi) is 3.48. The minimum absolute atomic E-state index is 0.0879. The van der Waals surface area contributed by atoms with Crippen LogP contribution in [0.2, 0.25) is 0 Å². The van der Waals surface area contributed by atoms with E-state index in [0.717, 1.165) is 19.3 Å². The van der Waals surface area contributed by atoms with Gasteiger partial charge in [0.05, 0.1) is 13.2 Å². The number of esters is 1. The second-order valence-electron chi connectivity index (χ2n) is 3.65. The molecule has 0 bridgehead atoms. The molecular formula is C10H16O3. The Balaban J connectivity index is 2.48. The molecular weight excluding hydrogens is 168 g/mol. The Hall–Kier alpha value is -0.830. The molecule has 1 N–H and O–H groups in total. The van der Waals surface area contributed by atoms with Gasteiger partial charge < -0.3 is 9.84 Å². The Morgan fingerprint density at radius 2 is 2.38 bits per heavy atom. The van der Waals surface area contributed by atoms with Crippen molar-refractivity contribution < 1.29 is 14.6 Å². The number of rotatable bonds is 3. The molecule has 0 aromatic heterocycles. The summed E-state index contributed by atoms with van der Waals surface area (Å²) in [6, 6.07) is 0. The van der Waals surface area contributed by atoms with Crippen LogP contribution in [0.5, 0.6) is 0 Å². The highest BCUT2D eigenvalue weighted by atomic mass is 16.5. The predicted molar refractivity (Wildman–Crippen MR) is 49.1 cm³/mol. The summed E-state index contributed by atoms with van der Waals surface area (Å²) in [4.78, 5) is 10.6. The molecule has 13 heavy (non-hydrogen) atoms. The molecule has 74 valence electrons. The number of hydrogen-bond donors (Lipinski definition) is 1. The first-order chi connectivity index (χ1) is 6.18. The fraction of sp³-hybridized carbons (Fsp3) is 0.700. The summed E-state index contributed by atoms with van der Waals surface area (Å²) in [5.74, 6) is -0.276. The van der Waals surface area contributed by atoms with Gasteiger partial charge in [0.1, 0.15) is 0 Å². The van der Waals surface area contributed by atoms with Crippen molar-refractivity contribution in [1.29, 1.82) is 0 Å². The van der Waals surface area contributed by atoms with Crippen LogP contribution in [0.3, 0.4) is 0 Å². The third-order valence-electron chi connectivity index (χ3n) is 2.48. The van der Waals surface area contributed by atoms with Crippen LogP contribution in [0.25, 0.3) is 0 Å². The molecule has 1 aliphatic rings. The largest absolute Gasteiger partial charge is 0.465 e. The van der Waals surface area contributed by atoms with E-state index in [1.807, 2.05) is 6.08 Å². The summed E-state index contributed by atoms with van der Waals surface area (Å²) in [5, 5.41) is 9.23. The van der Waals surface area contributed by atoms with Gasteiger partial charge in [-0.05, 0) is 19.3 Å². The summed E-state index contributed by atoms with van der Waals surface area (Å²) in [7, 11) is 0. The fourth-order valence-electron chi connectivity index (χ4n) is 1.52. The van der Waals surface area contributed by atoms with E-state index >= 15 is 0 Å². The Morgan fingerprint density at radius 3 is 2.85 bits per heavy atom. The fourth-order valence-corrected chi connectivity index (χ4v) is 1.52. The van der Waals surface area contributed by atoms with Gasteiger partial charge in [-0.1, -0.05) is 12.2 Å². The average molecular weight is 184 g/mol. The number of aliphatic hydroxyl groups excluding tert-OH is 1. The van der Waals surface area contributed by atoms with Crippen LogP contribution in [-0.4, -0.2) is 24.3 Å². The molecule has 1 rings (SSSR count). The number of ether oxygens (including phenoxy) is 1. The number of carbonyl (C=O) groups excluding carboxylic acids is 1. The molecule has 0 radical (unpaired) electrons. The van der Waals surface area contributed by atoms with Crippen molar-refractivity contribution in [3.8, 4) is 0 Å². The van der Waals surface area contributed by atoms with Crippen molar-refractivity contribution in [2.24, 2.45) is 5.41 Å². The Bertz CT molecular complexity index is 210. The highest BCUT2D eigenvalue weighted by molar-refractivity contribution is 5.65. The van der Waals surface area contributed by atoms with Crippen molar-refractivity contribution in [2.45, 2.75) is 26.2 Å². The second kappa shape index (κ2) is 4.42. The Morgan fingerprint density at radius 1 is 1.62 bits per heavy atom. The second-order valence-corrected chi connectivity index (χ2v) is 3.65. The van der Waals surface area contributed by atoms with E-state index in [-0.39, 0.29) is 18.0 Å². The highest BCUT2D eigenvalue weighted by Gasteiger charge is 2.30. The van der Waals surface area contributed by atoms with Gasteiger partial charge in [0.15, 0.2) is 0 Å². The van der Waals surface area contributed by atoms with Gasteiger partial charge in [-0.3, -0.25) is 4.79 Å². The molecule has 1 aliphatic carbocycles. The van der Waals surface area contributed by atoms with E-state index in [0.29, 0.717) is 6.61 Å². The predicted octanol–water partition coefficient (Wildman–Crippen LogP) is 1.27. The summed E-state index contributed by atoms with van der Waals surface area (Å²) in [6.45, 7) is 1.82. The first-order valence-electron chi connectivity index (χ1n) is 4.58. The molecule has 0 saturated carbocycles. The van der Waals surface area contributed by atoms with E-state index in [4.69, 9.17) is 4.74 Å². The van der Waals surface area contributed by atoms with Crippen molar-refractivity contribution in [2.75, 3.05) is 13.2 Å². The molecule has 3 nitrogen and oxygen atoms in total. The summed E-state index contributed by atoms with van der Waals surface area (Å²) < 4.78 is 4.94. The minimum atomic E-state index is -0.276. The van der Waals surface area contributed by atoms with Crippen LogP contribution in [0.15, 0.2) is 12.2 Å². The number of carbonyl (C=O) groups is 1. The van der Waals surface area contributed by atoms with Gasteiger partial charge in [-0.2, -0.15) is 0 Å². The maximum absolute atomic E-state index is 10.6. The molecule has 0 heterocycles. The van der Waals surface area contributed by atoms with Crippen LogP contribution in [0.4, 0.5) is 0 Å². The molecule has 1 atom stereocenters. The van der Waals surface area contributed by atoms with Crippen molar-refractivity contribution in [3.05, 3.63) is 12.2 Å². The van der Waals surface area contributed by atoms with E-state index in [1.165, 1.54) is 6.92 Å². The van der Waals surface area contributed by atoms with E-state index in [2.05, 4.69) is 6.08 Å². The standard InChI is InChI=1S/C10H16O3/c1-9(12)13-8-10(7-11)5-3-2-4-6-10/h2-3,11H,4-8H2,1H3. The van der Waals surface area contributed by atoms with Gasteiger partial charge in [0.2, 0.25) is 0 Å². The lowest BCUT2D eigenvalue weighted by molar-refractivity contribution is -0.145. The number of hydrogen-bond acceptors (Lipinski definition) is 3. The maximum Gasteiger partial charge on any atom is 0.302 e. The van der Waals surface area contributed by atoms with E-state index in [9.17, 15) is 9.90 Å². The van der Waals surface area contributed by atoms with Crippen molar-refractivity contribution >= 4 is 5.97 Å². The summed E-state index contributed by atoms with van der Waals surface area (Å²) >= 11 is 0. The minimum Gasteiger partial charge on any atom is -0.465 e. The molecule has 0 aliphatic heterocycles. The monoisotopic (exact) mass is 184 g/mol. The quantitative estimate of drug-likeness (QED) is 0.530. The molecule has 3 heteroatoms. The van der Waals surface area contributed by atoms with Crippen LogP contribution in [0.1, 0.15) is 26.2 Å². The van der Waals surface area contributed by atoms with E-state index < -0.39 is 0 Å². The molecule has 0 aromatic carbocycles. The molecule has 1 unspecified atom stereocenters. The molecule has 0 spiro atoms. The van der Waals surface area contributed by atoms with Crippen LogP contribution in [-0.2, 0) is 9.53 Å². The van der Waals surface area contributed by atoms with Gasteiger partial charge in [0.25, 0.3) is 0 Å².